The molecule has 0 aliphatic rings. The Hall–Kier alpha value is -2.08. The Balaban J connectivity index is 2.60. The Morgan fingerprint density at radius 3 is 2.42 bits per heavy atom. The van der Waals surface area contributed by atoms with E-state index >= 15 is 0 Å². The molecule has 6 heteroatoms. The fourth-order valence-corrected chi connectivity index (χ4v) is 1.90. The highest BCUT2D eigenvalue weighted by molar-refractivity contribution is 9.10. The topological polar surface area (TPSA) is 76.7 Å². The first-order chi connectivity index (χ1) is 9.04. The van der Waals surface area contributed by atoms with E-state index in [9.17, 15) is 9.59 Å². The number of aromatic carboxylic acids is 1. The smallest absolute Gasteiger partial charge is 0.342 e. The molecule has 2 rings (SSSR count). The molecule has 1 aromatic carbocycles. The van der Waals surface area contributed by atoms with Crippen molar-refractivity contribution in [2.45, 2.75) is 0 Å². The zero-order chi connectivity index (χ0) is 14.0. The fraction of sp³-hybridized carbons (Fsp3) is 0.0769. The molecule has 1 aromatic heterocycles. The van der Waals surface area contributed by atoms with Crippen LogP contribution in [0.2, 0.25) is 0 Å². The number of esters is 1. The van der Waals surface area contributed by atoms with Crippen molar-refractivity contribution in [1.82, 2.24) is 0 Å². The quantitative estimate of drug-likeness (QED) is 0.877. The van der Waals surface area contributed by atoms with Crippen molar-refractivity contribution < 1.29 is 23.8 Å². The van der Waals surface area contributed by atoms with Gasteiger partial charge in [0.15, 0.2) is 0 Å². The van der Waals surface area contributed by atoms with Crippen LogP contribution in [0.5, 0.6) is 0 Å². The normalized spacial score (nSPS) is 10.2. The maximum Gasteiger partial charge on any atom is 0.342 e. The van der Waals surface area contributed by atoms with Gasteiger partial charge in [-0.05, 0) is 12.1 Å². The second kappa shape index (κ2) is 5.27. The zero-order valence-electron chi connectivity index (χ0n) is 9.84. The molecule has 2 aromatic rings. The number of halogens is 1. The summed E-state index contributed by atoms with van der Waals surface area (Å²) in [6.07, 6.45) is 1.03. The van der Waals surface area contributed by atoms with E-state index in [-0.39, 0.29) is 16.9 Å². The lowest BCUT2D eigenvalue weighted by Crippen LogP contribution is -2.08. The van der Waals surface area contributed by atoms with Crippen molar-refractivity contribution in [3.63, 3.8) is 0 Å². The Morgan fingerprint density at radius 1 is 1.26 bits per heavy atom. The van der Waals surface area contributed by atoms with E-state index in [0.29, 0.717) is 5.56 Å². The minimum atomic E-state index is -1.24. The van der Waals surface area contributed by atoms with E-state index in [1.54, 1.807) is 24.3 Å². The lowest BCUT2D eigenvalue weighted by molar-refractivity contribution is 0.0584. The Morgan fingerprint density at radius 2 is 1.89 bits per heavy atom. The summed E-state index contributed by atoms with van der Waals surface area (Å²) in [5.74, 6) is -1.81. The third-order valence-electron chi connectivity index (χ3n) is 2.52. The third-order valence-corrected chi connectivity index (χ3v) is 3.05. The predicted molar refractivity (Wildman–Crippen MR) is 70.1 cm³/mol. The summed E-state index contributed by atoms with van der Waals surface area (Å²) in [6, 6.07) is 6.95. The van der Waals surface area contributed by atoms with E-state index < -0.39 is 11.9 Å². The molecule has 1 heterocycles. The van der Waals surface area contributed by atoms with Gasteiger partial charge in [-0.15, -0.1) is 0 Å². The van der Waals surface area contributed by atoms with Crippen LogP contribution in [0.25, 0.3) is 11.3 Å². The lowest BCUT2D eigenvalue weighted by Gasteiger charge is -2.02. The number of hydrogen-bond donors (Lipinski definition) is 1. The molecule has 0 spiro atoms. The van der Waals surface area contributed by atoms with Crippen LogP contribution >= 0.6 is 15.9 Å². The molecular formula is C13H9BrO5. The first kappa shape index (κ1) is 13.4. The highest BCUT2D eigenvalue weighted by atomic mass is 79.9. The number of benzene rings is 1. The number of rotatable bonds is 3. The van der Waals surface area contributed by atoms with Crippen LogP contribution < -0.4 is 0 Å². The number of carboxylic acids is 1. The van der Waals surface area contributed by atoms with Crippen LogP contribution in [-0.4, -0.2) is 24.2 Å². The van der Waals surface area contributed by atoms with Crippen molar-refractivity contribution in [2.24, 2.45) is 0 Å². The molecule has 0 aliphatic heterocycles. The van der Waals surface area contributed by atoms with Crippen LogP contribution in [0.3, 0.4) is 0 Å². The Bertz CT molecular complexity index is 627. The van der Waals surface area contributed by atoms with Gasteiger partial charge < -0.3 is 14.3 Å². The molecule has 0 bridgehead atoms. The standard InChI is InChI=1S/C13H9BrO5/c1-18-13(17)10-9(12(15)16)6-19-11(10)7-2-4-8(14)5-3-7/h2-6H,1H3,(H,15,16). The van der Waals surface area contributed by atoms with Crippen LogP contribution in [0.1, 0.15) is 20.7 Å². The fourth-order valence-electron chi connectivity index (χ4n) is 1.63. The Labute approximate surface area is 116 Å². The maximum absolute atomic E-state index is 11.7. The van der Waals surface area contributed by atoms with Gasteiger partial charge in [0.05, 0.1) is 7.11 Å². The minimum absolute atomic E-state index is 0.0858. The molecule has 0 amide bonds. The average molecular weight is 325 g/mol. The van der Waals surface area contributed by atoms with Gasteiger partial charge in [0.1, 0.15) is 23.2 Å². The van der Waals surface area contributed by atoms with Gasteiger partial charge in [-0.3, -0.25) is 0 Å². The number of carbonyl (C=O) groups excluding carboxylic acids is 1. The van der Waals surface area contributed by atoms with E-state index in [1.807, 2.05) is 0 Å². The predicted octanol–water partition coefficient (Wildman–Crippen LogP) is 3.19. The van der Waals surface area contributed by atoms with Crippen LogP contribution in [-0.2, 0) is 4.74 Å². The first-order valence-electron chi connectivity index (χ1n) is 5.23. The molecule has 0 radical (unpaired) electrons. The second-order valence-corrected chi connectivity index (χ2v) is 4.57. The van der Waals surface area contributed by atoms with Crippen molar-refractivity contribution in [3.8, 4) is 11.3 Å². The number of furan rings is 1. The summed E-state index contributed by atoms with van der Waals surface area (Å²) < 4.78 is 10.7. The van der Waals surface area contributed by atoms with Crippen LogP contribution in [0, 0.1) is 0 Å². The molecule has 0 atom stereocenters. The number of methoxy groups -OCH3 is 1. The van der Waals surface area contributed by atoms with E-state index in [2.05, 4.69) is 20.7 Å². The van der Waals surface area contributed by atoms with Crippen LogP contribution in [0.4, 0.5) is 0 Å². The van der Waals surface area contributed by atoms with Gasteiger partial charge in [0, 0.05) is 10.0 Å². The Kier molecular flexibility index (Phi) is 3.71. The SMILES string of the molecule is COC(=O)c1c(C(=O)O)coc1-c1ccc(Br)cc1. The summed E-state index contributed by atoms with van der Waals surface area (Å²) in [4.78, 5) is 22.8. The van der Waals surface area contributed by atoms with E-state index in [4.69, 9.17) is 9.52 Å². The van der Waals surface area contributed by atoms with Gasteiger partial charge in [-0.1, -0.05) is 28.1 Å². The number of carboxylic acid groups (broad SMARTS) is 1. The van der Waals surface area contributed by atoms with Crippen molar-refractivity contribution in [1.29, 1.82) is 0 Å². The largest absolute Gasteiger partial charge is 0.478 e. The highest BCUT2D eigenvalue weighted by Crippen LogP contribution is 2.30. The van der Waals surface area contributed by atoms with Crippen molar-refractivity contribution in [2.75, 3.05) is 7.11 Å². The summed E-state index contributed by atoms with van der Waals surface area (Å²) in [5, 5.41) is 9.04. The van der Waals surface area contributed by atoms with Gasteiger partial charge >= 0.3 is 11.9 Å². The number of ether oxygens (including phenoxy) is 1. The summed E-state index contributed by atoms with van der Waals surface area (Å²) >= 11 is 3.29. The molecule has 0 aliphatic carbocycles. The van der Waals surface area contributed by atoms with E-state index in [0.717, 1.165) is 10.7 Å². The second-order valence-electron chi connectivity index (χ2n) is 3.66. The lowest BCUT2D eigenvalue weighted by atomic mass is 10.1. The number of hydrogen-bond acceptors (Lipinski definition) is 4. The molecule has 0 saturated heterocycles. The van der Waals surface area contributed by atoms with Gasteiger partial charge in [-0.2, -0.15) is 0 Å². The molecule has 98 valence electrons. The van der Waals surface area contributed by atoms with Crippen molar-refractivity contribution in [3.05, 3.63) is 46.1 Å². The highest BCUT2D eigenvalue weighted by Gasteiger charge is 2.26. The maximum atomic E-state index is 11.7. The zero-order valence-corrected chi connectivity index (χ0v) is 11.4. The molecule has 0 saturated carbocycles. The molecule has 5 nitrogen and oxygen atoms in total. The number of carbonyl (C=O) groups is 2. The van der Waals surface area contributed by atoms with Gasteiger partial charge in [0.2, 0.25) is 0 Å². The van der Waals surface area contributed by atoms with Gasteiger partial charge in [-0.25, -0.2) is 9.59 Å². The minimum Gasteiger partial charge on any atom is -0.478 e. The molecular weight excluding hydrogens is 316 g/mol. The summed E-state index contributed by atoms with van der Waals surface area (Å²) in [6.45, 7) is 0. The molecule has 1 N–H and O–H groups in total. The third kappa shape index (κ3) is 2.53. The molecule has 19 heavy (non-hydrogen) atoms. The van der Waals surface area contributed by atoms with Crippen LogP contribution in [0.15, 0.2) is 39.4 Å². The van der Waals surface area contributed by atoms with Crippen molar-refractivity contribution >= 4 is 27.9 Å². The average Bonchev–Trinajstić information content (AvgIpc) is 2.83. The molecule has 0 fully saturated rings. The van der Waals surface area contributed by atoms with Gasteiger partial charge in [0.25, 0.3) is 0 Å². The first-order valence-corrected chi connectivity index (χ1v) is 6.03. The molecule has 0 unspecified atom stereocenters. The summed E-state index contributed by atoms with van der Waals surface area (Å²) in [7, 11) is 1.19. The summed E-state index contributed by atoms with van der Waals surface area (Å²) in [5.41, 5.74) is 0.290. The van der Waals surface area contributed by atoms with E-state index in [1.165, 1.54) is 7.11 Å². The monoisotopic (exact) mass is 324 g/mol.